The minimum atomic E-state index is 0.143. The second kappa shape index (κ2) is 7.58. The molecule has 0 saturated carbocycles. The zero-order valence-electron chi connectivity index (χ0n) is 8.64. The third-order valence-corrected chi connectivity index (χ3v) is 1.75. The van der Waals surface area contributed by atoms with Gasteiger partial charge < -0.3 is 4.90 Å². The molecule has 0 aromatic heterocycles. The van der Waals surface area contributed by atoms with Gasteiger partial charge >= 0.3 is 0 Å². The molecule has 0 aromatic carbocycles. The van der Waals surface area contributed by atoms with Crippen LogP contribution in [0.4, 0.5) is 0 Å². The number of hydrogen-bond acceptors (Lipinski definition) is 1. The predicted molar refractivity (Wildman–Crippen MR) is 49.5 cm³/mol. The monoisotopic (exact) mass is 159 g/mol. The molecule has 0 N–H and O–H groups in total. The van der Waals surface area contributed by atoms with Crippen molar-refractivity contribution in [2.45, 2.75) is 47.1 Å². The minimum absolute atomic E-state index is 0.143. The third kappa shape index (κ3) is 5.89. The van der Waals surface area contributed by atoms with E-state index in [1.807, 2.05) is 27.8 Å². The molecule has 11 heavy (non-hydrogen) atoms. The van der Waals surface area contributed by atoms with Crippen LogP contribution in [0.2, 0.25) is 0 Å². The van der Waals surface area contributed by atoms with E-state index in [2.05, 4.69) is 6.92 Å². The Kier molecular flexibility index (Phi) is 9.01. The van der Waals surface area contributed by atoms with Gasteiger partial charge in [0.2, 0.25) is 5.91 Å². The summed E-state index contributed by atoms with van der Waals surface area (Å²) in [5, 5.41) is 0. The van der Waals surface area contributed by atoms with Crippen LogP contribution in [-0.4, -0.2) is 23.9 Å². The van der Waals surface area contributed by atoms with Crippen LogP contribution >= 0.6 is 0 Å². The van der Waals surface area contributed by atoms with E-state index in [-0.39, 0.29) is 5.91 Å². The van der Waals surface area contributed by atoms with Crippen molar-refractivity contribution < 1.29 is 4.79 Å². The fraction of sp³-hybridized carbons (Fsp3) is 0.889. The molecule has 0 aliphatic rings. The number of carbonyl (C=O) groups excluding carboxylic acids is 1. The average Bonchev–Trinajstić information content (AvgIpc) is 2.05. The van der Waals surface area contributed by atoms with Gasteiger partial charge in [0.25, 0.3) is 0 Å². The van der Waals surface area contributed by atoms with E-state index in [1.165, 1.54) is 0 Å². The molecule has 0 aliphatic heterocycles. The molecule has 1 unspecified atom stereocenters. The molecule has 1 amide bonds. The van der Waals surface area contributed by atoms with E-state index in [9.17, 15) is 4.79 Å². The molecule has 0 fully saturated rings. The zero-order valence-corrected chi connectivity index (χ0v) is 8.64. The standard InChI is InChI=1S/C7H15NO.C2H6/c1-5-6(2)8(4)7(3)9;1-2/h6H,5H2,1-4H3;1-2H3. The first-order valence-electron chi connectivity index (χ1n) is 4.33. The smallest absolute Gasteiger partial charge is 0.219 e. The summed E-state index contributed by atoms with van der Waals surface area (Å²) in [6.07, 6.45) is 1.02. The fourth-order valence-electron chi connectivity index (χ4n) is 0.584. The van der Waals surface area contributed by atoms with Gasteiger partial charge in [-0.25, -0.2) is 0 Å². The molecular formula is C9H21NO. The molecule has 0 aromatic rings. The lowest BCUT2D eigenvalue weighted by molar-refractivity contribution is -0.129. The highest BCUT2D eigenvalue weighted by atomic mass is 16.2. The highest BCUT2D eigenvalue weighted by Gasteiger charge is 2.07. The lowest BCUT2D eigenvalue weighted by Crippen LogP contribution is -2.32. The van der Waals surface area contributed by atoms with Crippen LogP contribution in [0.5, 0.6) is 0 Å². The van der Waals surface area contributed by atoms with Gasteiger partial charge in [0.05, 0.1) is 0 Å². The van der Waals surface area contributed by atoms with Crippen molar-refractivity contribution in [1.29, 1.82) is 0 Å². The topological polar surface area (TPSA) is 20.3 Å². The van der Waals surface area contributed by atoms with E-state index in [0.717, 1.165) is 6.42 Å². The lowest BCUT2D eigenvalue weighted by atomic mass is 10.2. The highest BCUT2D eigenvalue weighted by molar-refractivity contribution is 5.73. The largest absolute Gasteiger partial charge is 0.343 e. The number of nitrogens with zero attached hydrogens (tertiary/aromatic N) is 1. The zero-order chi connectivity index (χ0) is 9.44. The first kappa shape index (κ1) is 13.1. The molecule has 0 aliphatic carbocycles. The summed E-state index contributed by atoms with van der Waals surface area (Å²) in [7, 11) is 1.83. The molecule has 0 saturated heterocycles. The van der Waals surface area contributed by atoms with Crippen molar-refractivity contribution in [3.8, 4) is 0 Å². The van der Waals surface area contributed by atoms with Gasteiger partial charge in [0.15, 0.2) is 0 Å². The van der Waals surface area contributed by atoms with Crippen molar-refractivity contribution in [3.05, 3.63) is 0 Å². The summed E-state index contributed by atoms with van der Waals surface area (Å²) in [6, 6.07) is 0.377. The molecular weight excluding hydrogens is 138 g/mol. The quantitative estimate of drug-likeness (QED) is 0.605. The van der Waals surface area contributed by atoms with Gasteiger partial charge in [-0.3, -0.25) is 4.79 Å². The SMILES string of the molecule is CC.CCC(C)N(C)C(C)=O. The Bertz CT molecular complexity index is 102. The summed E-state index contributed by atoms with van der Waals surface area (Å²) >= 11 is 0. The van der Waals surface area contributed by atoms with Crippen molar-refractivity contribution in [1.82, 2.24) is 4.90 Å². The maximum Gasteiger partial charge on any atom is 0.219 e. The van der Waals surface area contributed by atoms with Crippen LogP contribution in [0.3, 0.4) is 0 Å². The molecule has 2 heteroatoms. The third-order valence-electron chi connectivity index (χ3n) is 1.75. The van der Waals surface area contributed by atoms with Gasteiger partial charge in [0.1, 0.15) is 0 Å². The Labute approximate surface area is 70.6 Å². The Hall–Kier alpha value is -0.530. The number of rotatable bonds is 2. The predicted octanol–water partition coefficient (Wildman–Crippen LogP) is 2.29. The van der Waals surface area contributed by atoms with Crippen molar-refractivity contribution in [2.24, 2.45) is 0 Å². The molecule has 68 valence electrons. The number of amides is 1. The molecule has 1 atom stereocenters. The van der Waals surface area contributed by atoms with Crippen molar-refractivity contribution in [2.75, 3.05) is 7.05 Å². The molecule has 2 nitrogen and oxygen atoms in total. The minimum Gasteiger partial charge on any atom is -0.343 e. The van der Waals surface area contributed by atoms with Crippen molar-refractivity contribution >= 4 is 5.91 Å². The van der Waals surface area contributed by atoms with Crippen LogP contribution in [0.25, 0.3) is 0 Å². The number of carbonyl (C=O) groups is 1. The summed E-state index contributed by atoms with van der Waals surface area (Å²) in [6.45, 7) is 9.71. The maximum absolute atomic E-state index is 10.7. The lowest BCUT2D eigenvalue weighted by Gasteiger charge is -2.21. The summed E-state index contributed by atoms with van der Waals surface area (Å²) in [5.74, 6) is 0.143. The average molecular weight is 159 g/mol. The molecule has 0 bridgehead atoms. The van der Waals surface area contributed by atoms with Crippen LogP contribution in [0, 0.1) is 0 Å². The van der Waals surface area contributed by atoms with Crippen molar-refractivity contribution in [3.63, 3.8) is 0 Å². The summed E-state index contributed by atoms with van der Waals surface area (Å²) in [4.78, 5) is 12.4. The second-order valence-corrected chi connectivity index (χ2v) is 2.39. The Morgan fingerprint density at radius 1 is 1.45 bits per heavy atom. The van der Waals surface area contributed by atoms with Gasteiger partial charge in [0, 0.05) is 20.0 Å². The van der Waals surface area contributed by atoms with Crippen LogP contribution in [-0.2, 0) is 4.79 Å². The van der Waals surface area contributed by atoms with E-state index < -0.39 is 0 Å². The van der Waals surface area contributed by atoms with Gasteiger partial charge in [-0.15, -0.1) is 0 Å². The fourth-order valence-corrected chi connectivity index (χ4v) is 0.584. The molecule has 0 rings (SSSR count). The van der Waals surface area contributed by atoms with Gasteiger partial charge in [-0.2, -0.15) is 0 Å². The second-order valence-electron chi connectivity index (χ2n) is 2.39. The Balaban J connectivity index is 0. The first-order valence-corrected chi connectivity index (χ1v) is 4.33. The van der Waals surface area contributed by atoms with Gasteiger partial charge in [-0.05, 0) is 13.3 Å². The molecule has 0 heterocycles. The maximum atomic E-state index is 10.7. The Morgan fingerprint density at radius 2 is 1.82 bits per heavy atom. The molecule has 0 spiro atoms. The number of hydrogen-bond donors (Lipinski definition) is 0. The first-order chi connectivity index (χ1) is 5.09. The Morgan fingerprint density at radius 3 is 1.91 bits per heavy atom. The van der Waals surface area contributed by atoms with Crippen LogP contribution in [0.15, 0.2) is 0 Å². The van der Waals surface area contributed by atoms with Crippen LogP contribution in [0.1, 0.15) is 41.0 Å². The summed E-state index contributed by atoms with van der Waals surface area (Å²) < 4.78 is 0. The van der Waals surface area contributed by atoms with E-state index >= 15 is 0 Å². The van der Waals surface area contributed by atoms with E-state index in [1.54, 1.807) is 11.8 Å². The van der Waals surface area contributed by atoms with E-state index in [4.69, 9.17) is 0 Å². The van der Waals surface area contributed by atoms with E-state index in [0.29, 0.717) is 6.04 Å². The van der Waals surface area contributed by atoms with Crippen LogP contribution < -0.4 is 0 Å². The summed E-state index contributed by atoms with van der Waals surface area (Å²) in [5.41, 5.74) is 0. The molecule has 0 radical (unpaired) electrons. The highest BCUT2D eigenvalue weighted by Crippen LogP contribution is 1.98. The normalized spacial score (nSPS) is 11.1. The van der Waals surface area contributed by atoms with Gasteiger partial charge in [-0.1, -0.05) is 20.8 Å².